The van der Waals surface area contributed by atoms with Crippen LogP contribution < -0.4 is 0 Å². The zero-order valence-electron chi connectivity index (χ0n) is 9.20. The first-order chi connectivity index (χ1) is 7.56. The van der Waals surface area contributed by atoms with Crippen LogP contribution in [-0.2, 0) is 0 Å². The van der Waals surface area contributed by atoms with Crippen LogP contribution >= 0.6 is 11.6 Å². The smallest absolute Gasteiger partial charge is 0.193 e. The minimum absolute atomic E-state index is 0.290. The molecule has 0 saturated heterocycles. The highest BCUT2D eigenvalue weighted by Crippen LogP contribution is 2.26. The Bertz CT molecular complexity index is 482. The summed E-state index contributed by atoms with van der Waals surface area (Å²) >= 11 is 5.68. The molecule has 0 radical (unpaired) electrons. The molecule has 16 heavy (non-hydrogen) atoms. The molecule has 2 rings (SSSR count). The minimum Gasteiger partial charge on any atom is -0.447 e. The summed E-state index contributed by atoms with van der Waals surface area (Å²) < 4.78 is 5.19. The van der Waals surface area contributed by atoms with Crippen LogP contribution in [0.1, 0.15) is 28.6 Å². The van der Waals surface area contributed by atoms with Crippen molar-refractivity contribution in [3.05, 3.63) is 58.0 Å². The van der Waals surface area contributed by atoms with Crippen LogP contribution in [0.2, 0.25) is 5.22 Å². The Hall–Kier alpha value is -1.25. The summed E-state index contributed by atoms with van der Waals surface area (Å²) in [4.78, 5) is 0. The second kappa shape index (κ2) is 4.32. The molecule has 0 spiro atoms. The summed E-state index contributed by atoms with van der Waals surface area (Å²) in [5.74, 6) is 0.468. The Kier molecular flexibility index (Phi) is 3.03. The molecule has 1 aromatic heterocycles. The maximum atomic E-state index is 10.1. The van der Waals surface area contributed by atoms with E-state index in [0.29, 0.717) is 11.0 Å². The standard InChI is InChI=1S/C13H13ClO2/c1-8-5-9(2)7-10(6-8)13(15)11-3-4-12(14)16-11/h3-7,13,15H,1-2H3. The summed E-state index contributed by atoms with van der Waals surface area (Å²) in [6, 6.07) is 9.25. The summed E-state index contributed by atoms with van der Waals surface area (Å²) in [7, 11) is 0. The van der Waals surface area contributed by atoms with Crippen molar-refractivity contribution in [2.45, 2.75) is 20.0 Å². The van der Waals surface area contributed by atoms with Gasteiger partial charge in [0.05, 0.1) is 0 Å². The molecule has 1 unspecified atom stereocenters. The molecule has 1 aromatic carbocycles. The fourth-order valence-corrected chi connectivity index (χ4v) is 1.96. The van der Waals surface area contributed by atoms with Crippen LogP contribution in [0.15, 0.2) is 34.7 Å². The lowest BCUT2D eigenvalue weighted by Crippen LogP contribution is -1.99. The topological polar surface area (TPSA) is 33.4 Å². The molecule has 0 fully saturated rings. The van der Waals surface area contributed by atoms with E-state index in [1.54, 1.807) is 12.1 Å². The minimum atomic E-state index is -0.758. The van der Waals surface area contributed by atoms with E-state index in [1.807, 2.05) is 26.0 Å². The lowest BCUT2D eigenvalue weighted by atomic mass is 10.0. The van der Waals surface area contributed by atoms with Gasteiger partial charge in [-0.25, -0.2) is 0 Å². The van der Waals surface area contributed by atoms with E-state index in [1.165, 1.54) is 0 Å². The third-order valence-electron chi connectivity index (χ3n) is 2.42. The van der Waals surface area contributed by atoms with Gasteiger partial charge in [0.2, 0.25) is 0 Å². The average Bonchev–Trinajstić information content (AvgIpc) is 2.62. The molecule has 0 aliphatic rings. The van der Waals surface area contributed by atoms with E-state index >= 15 is 0 Å². The van der Waals surface area contributed by atoms with Gasteiger partial charge in [0.15, 0.2) is 5.22 Å². The second-order valence-corrected chi connectivity index (χ2v) is 4.34. The molecule has 2 nitrogen and oxygen atoms in total. The number of benzene rings is 1. The number of hydrogen-bond acceptors (Lipinski definition) is 2. The zero-order valence-corrected chi connectivity index (χ0v) is 9.95. The van der Waals surface area contributed by atoms with E-state index in [2.05, 4.69) is 6.07 Å². The summed E-state index contributed by atoms with van der Waals surface area (Å²) in [6.45, 7) is 4.00. The lowest BCUT2D eigenvalue weighted by molar-refractivity contribution is 0.189. The predicted molar refractivity (Wildman–Crippen MR) is 63.7 cm³/mol. The zero-order chi connectivity index (χ0) is 11.7. The quantitative estimate of drug-likeness (QED) is 0.864. The highest BCUT2D eigenvalue weighted by Gasteiger charge is 2.14. The highest BCUT2D eigenvalue weighted by atomic mass is 35.5. The fraction of sp³-hybridized carbons (Fsp3) is 0.231. The molecule has 1 N–H and O–H groups in total. The molecule has 0 amide bonds. The summed E-state index contributed by atoms with van der Waals surface area (Å²) in [6.07, 6.45) is -0.758. The Labute approximate surface area is 99.5 Å². The van der Waals surface area contributed by atoms with Crippen molar-refractivity contribution in [3.63, 3.8) is 0 Å². The van der Waals surface area contributed by atoms with Crippen molar-refractivity contribution < 1.29 is 9.52 Å². The largest absolute Gasteiger partial charge is 0.447 e. The molecule has 1 heterocycles. The number of hydrogen-bond donors (Lipinski definition) is 1. The molecule has 0 bridgehead atoms. The monoisotopic (exact) mass is 236 g/mol. The van der Waals surface area contributed by atoms with Gasteiger partial charge in [-0.15, -0.1) is 0 Å². The van der Waals surface area contributed by atoms with Crippen molar-refractivity contribution in [2.24, 2.45) is 0 Å². The first kappa shape index (κ1) is 11.2. The fourth-order valence-electron chi connectivity index (χ4n) is 1.81. The maximum Gasteiger partial charge on any atom is 0.193 e. The van der Waals surface area contributed by atoms with Gasteiger partial charge >= 0.3 is 0 Å². The molecule has 0 saturated carbocycles. The van der Waals surface area contributed by atoms with Crippen molar-refractivity contribution in [2.75, 3.05) is 0 Å². The van der Waals surface area contributed by atoms with E-state index in [9.17, 15) is 5.11 Å². The van der Waals surface area contributed by atoms with Gasteiger partial charge in [0, 0.05) is 0 Å². The SMILES string of the molecule is Cc1cc(C)cc(C(O)c2ccc(Cl)o2)c1. The average molecular weight is 237 g/mol. The maximum absolute atomic E-state index is 10.1. The van der Waals surface area contributed by atoms with Gasteiger partial charge in [-0.1, -0.05) is 29.3 Å². The third kappa shape index (κ3) is 2.29. The van der Waals surface area contributed by atoms with Gasteiger partial charge in [-0.05, 0) is 43.1 Å². The number of halogens is 1. The normalized spacial score (nSPS) is 12.8. The van der Waals surface area contributed by atoms with Crippen LogP contribution in [0.25, 0.3) is 0 Å². The van der Waals surface area contributed by atoms with Crippen molar-refractivity contribution >= 4 is 11.6 Å². The van der Waals surface area contributed by atoms with Crippen LogP contribution in [-0.4, -0.2) is 5.11 Å². The van der Waals surface area contributed by atoms with Crippen molar-refractivity contribution in [1.29, 1.82) is 0 Å². The highest BCUT2D eigenvalue weighted by molar-refractivity contribution is 6.28. The lowest BCUT2D eigenvalue weighted by Gasteiger charge is -2.10. The van der Waals surface area contributed by atoms with Crippen LogP contribution in [0.5, 0.6) is 0 Å². The van der Waals surface area contributed by atoms with Crippen molar-refractivity contribution in [1.82, 2.24) is 0 Å². The number of aliphatic hydroxyl groups is 1. The summed E-state index contributed by atoms with van der Waals surface area (Å²) in [5, 5.41) is 10.4. The molecule has 1 atom stereocenters. The van der Waals surface area contributed by atoms with Gasteiger partial charge in [0.25, 0.3) is 0 Å². The van der Waals surface area contributed by atoms with Crippen LogP contribution in [0, 0.1) is 13.8 Å². The van der Waals surface area contributed by atoms with E-state index in [-0.39, 0.29) is 0 Å². The Balaban J connectivity index is 2.37. The van der Waals surface area contributed by atoms with Crippen LogP contribution in [0.4, 0.5) is 0 Å². The number of aliphatic hydroxyl groups excluding tert-OH is 1. The molecular weight excluding hydrogens is 224 g/mol. The van der Waals surface area contributed by atoms with E-state index in [0.717, 1.165) is 16.7 Å². The first-order valence-electron chi connectivity index (χ1n) is 5.08. The molecule has 0 aliphatic carbocycles. The van der Waals surface area contributed by atoms with E-state index < -0.39 is 6.10 Å². The van der Waals surface area contributed by atoms with E-state index in [4.69, 9.17) is 16.0 Å². The van der Waals surface area contributed by atoms with Gasteiger partial charge < -0.3 is 9.52 Å². The first-order valence-corrected chi connectivity index (χ1v) is 5.45. The third-order valence-corrected chi connectivity index (χ3v) is 2.63. The van der Waals surface area contributed by atoms with Gasteiger partial charge in [0.1, 0.15) is 11.9 Å². The number of furan rings is 1. The van der Waals surface area contributed by atoms with Gasteiger partial charge in [-0.2, -0.15) is 0 Å². The molecule has 84 valence electrons. The Morgan fingerprint density at radius 3 is 2.25 bits per heavy atom. The second-order valence-electron chi connectivity index (χ2n) is 3.97. The van der Waals surface area contributed by atoms with Crippen LogP contribution in [0.3, 0.4) is 0 Å². The Morgan fingerprint density at radius 2 is 1.75 bits per heavy atom. The molecule has 0 aliphatic heterocycles. The van der Waals surface area contributed by atoms with Crippen molar-refractivity contribution in [3.8, 4) is 0 Å². The molecule has 2 aromatic rings. The summed E-state index contributed by atoms with van der Waals surface area (Å²) in [5.41, 5.74) is 3.06. The predicted octanol–water partition coefficient (Wildman–Crippen LogP) is 3.63. The van der Waals surface area contributed by atoms with Gasteiger partial charge in [-0.3, -0.25) is 0 Å². The number of aryl methyl sites for hydroxylation is 2. The number of rotatable bonds is 2. The Morgan fingerprint density at radius 1 is 1.12 bits per heavy atom. The molecular formula is C13H13ClO2. The molecule has 3 heteroatoms.